The number of hydrogen-bond acceptors (Lipinski definition) is 4. The summed E-state index contributed by atoms with van der Waals surface area (Å²) < 4.78 is 27.1. The van der Waals surface area contributed by atoms with Crippen LogP contribution in [0.1, 0.15) is 34.6 Å². The van der Waals surface area contributed by atoms with Gasteiger partial charge in [-0.05, 0) is 44.9 Å². The van der Waals surface area contributed by atoms with Crippen LogP contribution in [-0.4, -0.2) is 48.0 Å². The van der Waals surface area contributed by atoms with Crippen molar-refractivity contribution >= 4 is 27.5 Å². The van der Waals surface area contributed by atoms with Gasteiger partial charge < -0.3 is 5.32 Å². The van der Waals surface area contributed by atoms with Crippen LogP contribution in [0.5, 0.6) is 0 Å². The second-order valence-corrected chi connectivity index (χ2v) is 8.74. The Bertz CT molecular complexity index is 898. The molecule has 1 fully saturated rings. The van der Waals surface area contributed by atoms with E-state index in [1.54, 1.807) is 38.1 Å². The highest BCUT2D eigenvalue weighted by Gasteiger charge is 2.33. The van der Waals surface area contributed by atoms with Gasteiger partial charge >= 0.3 is 0 Å². The summed E-state index contributed by atoms with van der Waals surface area (Å²) in [6.45, 7) is 4.08. The molecule has 2 aromatic rings. The van der Waals surface area contributed by atoms with E-state index in [1.807, 2.05) is 0 Å². The Labute approximate surface area is 157 Å². The van der Waals surface area contributed by atoms with Crippen LogP contribution in [0.3, 0.4) is 0 Å². The maximum absolute atomic E-state index is 12.8. The Balaban J connectivity index is 1.63. The SMILES string of the molecule is Cc1n[nH]c(C)c1S(=O)(=O)N1CCC(NC(=O)c2cccc(Cl)c2)CC1. The van der Waals surface area contributed by atoms with Gasteiger partial charge in [-0.15, -0.1) is 0 Å². The van der Waals surface area contributed by atoms with Crippen molar-refractivity contribution in [3.8, 4) is 0 Å². The van der Waals surface area contributed by atoms with E-state index in [4.69, 9.17) is 11.6 Å². The van der Waals surface area contributed by atoms with E-state index in [0.717, 1.165) is 0 Å². The van der Waals surface area contributed by atoms with E-state index in [9.17, 15) is 13.2 Å². The Kier molecular flexibility index (Phi) is 5.36. The minimum absolute atomic E-state index is 0.0699. The Hall–Kier alpha value is -1.90. The van der Waals surface area contributed by atoms with Crippen LogP contribution in [0.25, 0.3) is 0 Å². The zero-order valence-corrected chi connectivity index (χ0v) is 16.2. The molecule has 1 amide bonds. The van der Waals surface area contributed by atoms with Crippen LogP contribution in [-0.2, 0) is 10.0 Å². The highest BCUT2D eigenvalue weighted by Crippen LogP contribution is 2.25. The van der Waals surface area contributed by atoms with Crippen molar-refractivity contribution in [2.75, 3.05) is 13.1 Å². The molecule has 1 saturated heterocycles. The van der Waals surface area contributed by atoms with E-state index in [2.05, 4.69) is 15.5 Å². The number of aromatic amines is 1. The number of hydrogen-bond donors (Lipinski definition) is 2. The number of rotatable bonds is 4. The van der Waals surface area contributed by atoms with E-state index in [0.29, 0.717) is 47.9 Å². The molecule has 0 bridgehead atoms. The Morgan fingerprint density at radius 2 is 2.00 bits per heavy atom. The number of amides is 1. The number of nitrogens with zero attached hydrogens (tertiary/aromatic N) is 2. The van der Waals surface area contributed by atoms with Gasteiger partial charge in [-0.25, -0.2) is 8.42 Å². The smallest absolute Gasteiger partial charge is 0.251 e. The monoisotopic (exact) mass is 396 g/mol. The number of piperidine rings is 1. The first-order valence-electron chi connectivity index (χ1n) is 8.37. The molecule has 1 aromatic carbocycles. The van der Waals surface area contributed by atoms with Gasteiger partial charge in [0, 0.05) is 29.7 Å². The van der Waals surface area contributed by atoms with Crippen molar-refractivity contribution in [3.05, 3.63) is 46.2 Å². The minimum atomic E-state index is -3.58. The van der Waals surface area contributed by atoms with Gasteiger partial charge in [0.1, 0.15) is 4.90 Å². The van der Waals surface area contributed by atoms with Crippen molar-refractivity contribution in [2.45, 2.75) is 37.6 Å². The van der Waals surface area contributed by atoms with Crippen LogP contribution >= 0.6 is 11.6 Å². The maximum atomic E-state index is 12.8. The molecule has 26 heavy (non-hydrogen) atoms. The number of halogens is 1. The van der Waals surface area contributed by atoms with Gasteiger partial charge in [0.25, 0.3) is 5.91 Å². The molecule has 7 nitrogen and oxygen atoms in total. The largest absolute Gasteiger partial charge is 0.349 e. The average Bonchev–Trinajstić information content (AvgIpc) is 2.94. The first-order valence-corrected chi connectivity index (χ1v) is 10.2. The molecule has 2 N–H and O–H groups in total. The summed E-state index contributed by atoms with van der Waals surface area (Å²) in [4.78, 5) is 12.6. The molecule has 140 valence electrons. The molecule has 0 radical (unpaired) electrons. The number of carbonyl (C=O) groups is 1. The van der Waals surface area contributed by atoms with Crippen LogP contribution in [0, 0.1) is 13.8 Å². The Morgan fingerprint density at radius 1 is 1.31 bits per heavy atom. The second-order valence-electron chi connectivity index (χ2n) is 6.43. The highest BCUT2D eigenvalue weighted by atomic mass is 35.5. The third kappa shape index (κ3) is 3.77. The fourth-order valence-corrected chi connectivity index (χ4v) is 5.18. The van der Waals surface area contributed by atoms with Gasteiger partial charge in [0.15, 0.2) is 0 Å². The number of carbonyl (C=O) groups excluding carboxylic acids is 1. The minimum Gasteiger partial charge on any atom is -0.349 e. The summed E-state index contributed by atoms with van der Waals surface area (Å²) in [5.41, 5.74) is 1.51. The number of sulfonamides is 1. The van der Waals surface area contributed by atoms with E-state index < -0.39 is 10.0 Å². The molecule has 1 aliphatic heterocycles. The predicted octanol–water partition coefficient (Wildman–Crippen LogP) is 2.26. The van der Waals surface area contributed by atoms with Crippen molar-refractivity contribution in [3.63, 3.8) is 0 Å². The number of aryl methyl sites for hydroxylation is 2. The zero-order chi connectivity index (χ0) is 18.9. The number of benzene rings is 1. The molecular formula is C17H21ClN4O3S. The van der Waals surface area contributed by atoms with Gasteiger partial charge in [0.2, 0.25) is 10.0 Å². The van der Waals surface area contributed by atoms with Crippen molar-refractivity contribution in [1.82, 2.24) is 19.8 Å². The quantitative estimate of drug-likeness (QED) is 0.828. The van der Waals surface area contributed by atoms with Crippen LogP contribution in [0.4, 0.5) is 0 Å². The molecule has 2 heterocycles. The van der Waals surface area contributed by atoms with Crippen LogP contribution in [0.15, 0.2) is 29.2 Å². The lowest BCUT2D eigenvalue weighted by Crippen LogP contribution is -2.46. The summed E-state index contributed by atoms with van der Waals surface area (Å²) in [6, 6.07) is 6.68. The lowest BCUT2D eigenvalue weighted by atomic mass is 10.1. The normalized spacial score (nSPS) is 16.6. The van der Waals surface area contributed by atoms with Gasteiger partial charge in [-0.3, -0.25) is 9.89 Å². The molecule has 1 aromatic heterocycles. The van der Waals surface area contributed by atoms with Gasteiger partial charge in [-0.2, -0.15) is 9.40 Å². The summed E-state index contributed by atoms with van der Waals surface area (Å²) in [6.07, 6.45) is 1.11. The molecule has 0 spiro atoms. The third-order valence-corrected chi connectivity index (χ3v) is 6.93. The van der Waals surface area contributed by atoms with Gasteiger partial charge in [-0.1, -0.05) is 17.7 Å². The van der Waals surface area contributed by atoms with E-state index in [-0.39, 0.29) is 16.8 Å². The predicted molar refractivity (Wildman–Crippen MR) is 98.8 cm³/mol. The summed E-state index contributed by atoms with van der Waals surface area (Å²) in [5.74, 6) is -0.199. The molecule has 1 aliphatic rings. The fourth-order valence-electron chi connectivity index (χ4n) is 3.19. The molecular weight excluding hydrogens is 376 g/mol. The summed E-state index contributed by atoms with van der Waals surface area (Å²) >= 11 is 5.91. The second kappa shape index (κ2) is 7.38. The maximum Gasteiger partial charge on any atom is 0.251 e. The molecule has 9 heteroatoms. The fraction of sp³-hybridized carbons (Fsp3) is 0.412. The van der Waals surface area contributed by atoms with E-state index >= 15 is 0 Å². The third-order valence-electron chi connectivity index (χ3n) is 4.53. The van der Waals surface area contributed by atoms with Crippen molar-refractivity contribution < 1.29 is 13.2 Å². The first-order chi connectivity index (χ1) is 12.3. The topological polar surface area (TPSA) is 95.2 Å². The zero-order valence-electron chi connectivity index (χ0n) is 14.6. The standard InChI is InChI=1S/C17H21ClN4O3S/c1-11-16(12(2)21-20-11)26(24,25)22-8-6-15(7-9-22)19-17(23)13-4-3-5-14(18)10-13/h3-5,10,15H,6-9H2,1-2H3,(H,19,23)(H,20,21). The number of H-pyrrole nitrogens is 1. The Morgan fingerprint density at radius 3 is 2.58 bits per heavy atom. The summed E-state index contributed by atoms with van der Waals surface area (Å²) in [7, 11) is -3.58. The highest BCUT2D eigenvalue weighted by molar-refractivity contribution is 7.89. The lowest BCUT2D eigenvalue weighted by Gasteiger charge is -2.31. The first kappa shape index (κ1) is 18.9. The average molecular weight is 397 g/mol. The molecule has 0 aliphatic carbocycles. The van der Waals surface area contributed by atoms with Gasteiger partial charge in [0.05, 0.1) is 11.4 Å². The lowest BCUT2D eigenvalue weighted by molar-refractivity contribution is 0.0924. The van der Waals surface area contributed by atoms with E-state index in [1.165, 1.54) is 4.31 Å². The summed E-state index contributed by atoms with van der Waals surface area (Å²) in [5, 5.41) is 10.1. The molecule has 0 atom stereocenters. The molecule has 0 saturated carbocycles. The molecule has 3 rings (SSSR count). The van der Waals surface area contributed by atoms with Crippen LogP contribution < -0.4 is 5.32 Å². The van der Waals surface area contributed by atoms with Crippen molar-refractivity contribution in [2.24, 2.45) is 0 Å². The number of nitrogens with one attached hydrogen (secondary N) is 2. The van der Waals surface area contributed by atoms with Crippen molar-refractivity contribution in [1.29, 1.82) is 0 Å². The molecule has 0 unspecified atom stereocenters. The number of aromatic nitrogens is 2. The van der Waals surface area contributed by atoms with Crippen LogP contribution in [0.2, 0.25) is 5.02 Å².